The Labute approximate surface area is 106 Å². The average Bonchev–Trinajstić information content (AvgIpc) is 2.26. The van der Waals surface area contributed by atoms with Gasteiger partial charge in [0.25, 0.3) is 5.91 Å². The summed E-state index contributed by atoms with van der Waals surface area (Å²) in [6.45, 7) is 5.92. The molecule has 0 aliphatic heterocycles. The first kappa shape index (κ1) is 13.9. The minimum Gasteiger partial charge on any atom is -0.396 e. The van der Waals surface area contributed by atoms with E-state index in [4.69, 9.17) is 16.7 Å². The molecule has 17 heavy (non-hydrogen) atoms. The summed E-state index contributed by atoms with van der Waals surface area (Å²) in [5, 5.41) is 12.2. The van der Waals surface area contributed by atoms with E-state index in [1.165, 1.54) is 6.20 Å². The van der Waals surface area contributed by atoms with Crippen LogP contribution in [0.15, 0.2) is 12.3 Å². The minimum atomic E-state index is -0.347. The quantitative estimate of drug-likeness (QED) is 0.863. The molecule has 0 aliphatic rings. The number of halogens is 1. The molecule has 1 amide bonds. The summed E-state index contributed by atoms with van der Waals surface area (Å²) in [5.74, 6) is -0.274. The molecule has 1 aromatic rings. The van der Waals surface area contributed by atoms with E-state index in [1.54, 1.807) is 6.07 Å². The van der Waals surface area contributed by atoms with Crippen LogP contribution in [0.2, 0.25) is 5.02 Å². The zero-order chi connectivity index (χ0) is 13.1. The summed E-state index contributed by atoms with van der Waals surface area (Å²) >= 11 is 5.96. The number of carbonyl (C=O) groups is 1. The first-order chi connectivity index (χ1) is 7.85. The van der Waals surface area contributed by atoms with Gasteiger partial charge in [-0.05, 0) is 13.0 Å². The van der Waals surface area contributed by atoms with Crippen molar-refractivity contribution in [2.45, 2.75) is 20.8 Å². The number of rotatable bonds is 4. The lowest BCUT2D eigenvalue weighted by molar-refractivity contribution is 0.0911. The molecule has 0 saturated heterocycles. The first-order valence-corrected chi connectivity index (χ1v) is 5.75. The highest BCUT2D eigenvalue weighted by molar-refractivity contribution is 6.33. The van der Waals surface area contributed by atoms with Crippen LogP contribution >= 0.6 is 11.6 Å². The van der Waals surface area contributed by atoms with E-state index in [9.17, 15) is 4.79 Å². The fraction of sp³-hybridized carbons (Fsp3) is 0.500. The van der Waals surface area contributed by atoms with Crippen molar-refractivity contribution in [3.63, 3.8) is 0 Å². The van der Waals surface area contributed by atoms with Gasteiger partial charge in [0.05, 0.1) is 10.6 Å². The van der Waals surface area contributed by atoms with Crippen LogP contribution in [0.4, 0.5) is 0 Å². The van der Waals surface area contributed by atoms with Crippen molar-refractivity contribution in [1.29, 1.82) is 0 Å². The van der Waals surface area contributed by atoms with Crippen LogP contribution in [-0.2, 0) is 0 Å². The Bertz CT molecular complexity index is 419. The number of hydrogen-bond donors (Lipinski definition) is 2. The van der Waals surface area contributed by atoms with Crippen LogP contribution in [0.25, 0.3) is 0 Å². The molecule has 1 rings (SSSR count). The highest BCUT2D eigenvalue weighted by atomic mass is 35.5. The molecule has 0 radical (unpaired) electrons. The maximum Gasteiger partial charge on any atom is 0.254 e. The predicted molar refractivity (Wildman–Crippen MR) is 67.2 cm³/mol. The molecule has 0 aromatic carbocycles. The zero-order valence-electron chi connectivity index (χ0n) is 10.2. The molecule has 94 valence electrons. The van der Waals surface area contributed by atoms with Gasteiger partial charge >= 0.3 is 0 Å². The van der Waals surface area contributed by atoms with Gasteiger partial charge < -0.3 is 10.4 Å². The Balaban J connectivity index is 2.71. The lowest BCUT2D eigenvalue weighted by atomic mass is 9.95. The summed E-state index contributed by atoms with van der Waals surface area (Å²) in [6.07, 6.45) is 1.46. The molecule has 2 N–H and O–H groups in total. The van der Waals surface area contributed by atoms with Gasteiger partial charge in [-0.25, -0.2) is 0 Å². The number of aryl methyl sites for hydroxylation is 1. The molecule has 4 nitrogen and oxygen atoms in total. The highest BCUT2D eigenvalue weighted by Crippen LogP contribution is 2.16. The van der Waals surface area contributed by atoms with Crippen LogP contribution in [-0.4, -0.2) is 29.1 Å². The fourth-order valence-electron chi connectivity index (χ4n) is 1.16. The highest BCUT2D eigenvalue weighted by Gasteiger charge is 2.19. The van der Waals surface area contributed by atoms with Crippen molar-refractivity contribution in [2.24, 2.45) is 5.41 Å². The van der Waals surface area contributed by atoms with E-state index in [1.807, 2.05) is 20.8 Å². The number of carbonyl (C=O) groups excluding carboxylic acids is 1. The van der Waals surface area contributed by atoms with Crippen molar-refractivity contribution in [3.8, 4) is 0 Å². The third-order valence-corrected chi connectivity index (χ3v) is 2.70. The number of nitrogens with one attached hydrogen (secondary N) is 1. The van der Waals surface area contributed by atoms with E-state index in [0.29, 0.717) is 17.1 Å². The van der Waals surface area contributed by atoms with Crippen molar-refractivity contribution in [1.82, 2.24) is 10.3 Å². The van der Waals surface area contributed by atoms with Crippen molar-refractivity contribution >= 4 is 17.5 Å². The van der Waals surface area contributed by atoms with Crippen molar-refractivity contribution in [3.05, 3.63) is 28.5 Å². The second-order valence-corrected chi connectivity index (χ2v) is 5.22. The Hall–Kier alpha value is -1.13. The smallest absolute Gasteiger partial charge is 0.254 e. The topological polar surface area (TPSA) is 62.2 Å². The molecule has 0 fully saturated rings. The van der Waals surface area contributed by atoms with E-state index in [0.717, 1.165) is 5.69 Å². The molecular weight excluding hydrogens is 240 g/mol. The largest absolute Gasteiger partial charge is 0.396 e. The molecule has 1 aromatic heterocycles. The van der Waals surface area contributed by atoms with E-state index in [-0.39, 0.29) is 17.9 Å². The maximum atomic E-state index is 11.8. The molecule has 0 aliphatic carbocycles. The van der Waals surface area contributed by atoms with Gasteiger partial charge in [-0.1, -0.05) is 25.4 Å². The molecule has 0 unspecified atom stereocenters. The van der Waals surface area contributed by atoms with Gasteiger partial charge in [-0.2, -0.15) is 0 Å². The number of nitrogens with zero attached hydrogens (tertiary/aromatic N) is 1. The van der Waals surface area contributed by atoms with Gasteiger partial charge in [-0.3, -0.25) is 9.78 Å². The van der Waals surface area contributed by atoms with E-state index < -0.39 is 0 Å². The predicted octanol–water partition coefficient (Wildman–Crippen LogP) is 1.79. The zero-order valence-corrected chi connectivity index (χ0v) is 11.0. The van der Waals surface area contributed by atoms with Crippen LogP contribution < -0.4 is 5.32 Å². The van der Waals surface area contributed by atoms with Crippen molar-refractivity contribution in [2.75, 3.05) is 13.2 Å². The third kappa shape index (κ3) is 3.98. The van der Waals surface area contributed by atoms with Gasteiger partial charge in [0, 0.05) is 30.5 Å². The average molecular weight is 257 g/mol. The van der Waals surface area contributed by atoms with Crippen LogP contribution in [0, 0.1) is 12.3 Å². The summed E-state index contributed by atoms with van der Waals surface area (Å²) < 4.78 is 0. The summed E-state index contributed by atoms with van der Waals surface area (Å²) in [5.41, 5.74) is 0.772. The van der Waals surface area contributed by atoms with Crippen LogP contribution in [0.3, 0.4) is 0 Å². The molecular formula is C12H17ClN2O2. The monoisotopic (exact) mass is 256 g/mol. The standard InChI is InChI=1S/C12H17ClN2O2/c1-8-4-10(13)9(5-14-8)11(17)15-6-12(2,3)7-16/h4-5,16H,6-7H2,1-3H3,(H,15,17). The lowest BCUT2D eigenvalue weighted by Gasteiger charge is -2.21. The molecule has 5 heteroatoms. The summed E-state index contributed by atoms with van der Waals surface area (Å²) in [4.78, 5) is 15.9. The molecule has 1 heterocycles. The number of aliphatic hydroxyl groups is 1. The Morgan fingerprint density at radius 1 is 1.59 bits per heavy atom. The molecule has 0 atom stereocenters. The third-order valence-electron chi connectivity index (χ3n) is 2.39. The fourth-order valence-corrected chi connectivity index (χ4v) is 1.46. The molecule has 0 spiro atoms. The Kier molecular flexibility index (Phi) is 4.48. The summed E-state index contributed by atoms with van der Waals surface area (Å²) in [7, 11) is 0. The van der Waals surface area contributed by atoms with Crippen molar-refractivity contribution < 1.29 is 9.90 Å². The van der Waals surface area contributed by atoms with E-state index in [2.05, 4.69) is 10.3 Å². The molecule has 0 saturated carbocycles. The van der Waals surface area contributed by atoms with Gasteiger partial charge in [0.1, 0.15) is 0 Å². The number of aliphatic hydroxyl groups excluding tert-OH is 1. The SMILES string of the molecule is Cc1cc(Cl)c(C(=O)NCC(C)(C)CO)cn1. The Morgan fingerprint density at radius 2 is 2.24 bits per heavy atom. The minimum absolute atomic E-state index is 0.00710. The number of aromatic nitrogens is 1. The van der Waals surface area contributed by atoms with Crippen LogP contribution in [0.5, 0.6) is 0 Å². The number of pyridine rings is 1. The molecule has 0 bridgehead atoms. The first-order valence-electron chi connectivity index (χ1n) is 5.37. The van der Waals surface area contributed by atoms with Gasteiger partial charge in [0.15, 0.2) is 0 Å². The summed E-state index contributed by atoms with van der Waals surface area (Å²) in [6, 6.07) is 1.65. The van der Waals surface area contributed by atoms with Gasteiger partial charge in [0.2, 0.25) is 0 Å². The Morgan fingerprint density at radius 3 is 2.76 bits per heavy atom. The van der Waals surface area contributed by atoms with E-state index >= 15 is 0 Å². The van der Waals surface area contributed by atoms with Crippen LogP contribution in [0.1, 0.15) is 29.9 Å². The second kappa shape index (κ2) is 5.47. The second-order valence-electron chi connectivity index (χ2n) is 4.81. The maximum absolute atomic E-state index is 11.8. The van der Waals surface area contributed by atoms with Gasteiger partial charge in [-0.15, -0.1) is 0 Å². The lowest BCUT2D eigenvalue weighted by Crippen LogP contribution is -2.36. The normalized spacial score (nSPS) is 11.4. The number of hydrogen-bond acceptors (Lipinski definition) is 3. The number of amides is 1.